The zero-order valence-corrected chi connectivity index (χ0v) is 24.1. The molecule has 0 atom stereocenters. The van der Waals surface area contributed by atoms with Gasteiger partial charge in [-0.15, -0.1) is 0 Å². The lowest BCUT2D eigenvalue weighted by Gasteiger charge is -2.17. The predicted molar refractivity (Wildman–Crippen MR) is 181 cm³/mol. The summed E-state index contributed by atoms with van der Waals surface area (Å²) in [6.07, 6.45) is 3.53. The average molecular weight is 568 g/mol. The first-order valence-corrected chi connectivity index (χ1v) is 14.7. The fraction of sp³-hybridized carbons (Fsp3) is 0.0513. The lowest BCUT2D eigenvalue weighted by atomic mass is 10.00. The number of hydrogen-bond acceptors (Lipinski definition) is 3. The maximum atomic E-state index is 14.3. The summed E-state index contributed by atoms with van der Waals surface area (Å²) in [4.78, 5) is 32.2. The Bertz CT molecular complexity index is 2720. The van der Waals surface area contributed by atoms with Gasteiger partial charge in [-0.3, -0.25) is 14.6 Å². The molecule has 5 aromatic carbocycles. The van der Waals surface area contributed by atoms with E-state index in [0.29, 0.717) is 27.1 Å². The third-order valence-electron chi connectivity index (χ3n) is 9.18. The Hall–Kier alpha value is -5.81. The standard InChI is InChI=1S/C39H25N3O2/c1-22-6-3-8-27-28-9-4-7-23(2)36(28)41(35(22)27)26-13-15-33-32(21-26)39(44)31-11-5-10-30-37(31)42(33)34-20-25(12-14-29(34)38(30)43)24-16-18-40-19-17-24/h3-21H,1-2H3. The molecule has 0 spiro atoms. The number of fused-ring (bicyclic) bond motifs is 7. The molecule has 5 heteroatoms. The van der Waals surface area contributed by atoms with Crippen LogP contribution in [0.3, 0.4) is 0 Å². The molecule has 44 heavy (non-hydrogen) atoms. The highest BCUT2D eigenvalue weighted by atomic mass is 16.1. The molecule has 0 unspecified atom stereocenters. The van der Waals surface area contributed by atoms with E-state index in [9.17, 15) is 9.59 Å². The molecule has 0 fully saturated rings. The van der Waals surface area contributed by atoms with Crippen LogP contribution in [0.5, 0.6) is 0 Å². The van der Waals surface area contributed by atoms with Crippen LogP contribution in [-0.2, 0) is 0 Å². The predicted octanol–water partition coefficient (Wildman–Crippen LogP) is 8.33. The van der Waals surface area contributed by atoms with E-state index >= 15 is 0 Å². The Morgan fingerprint density at radius 3 is 1.80 bits per heavy atom. The maximum Gasteiger partial charge on any atom is 0.197 e. The molecule has 0 radical (unpaired) electrons. The Morgan fingerprint density at radius 1 is 0.500 bits per heavy atom. The highest BCUT2D eigenvalue weighted by Crippen LogP contribution is 2.37. The number of benzene rings is 5. The summed E-state index contributed by atoms with van der Waals surface area (Å²) >= 11 is 0. The van der Waals surface area contributed by atoms with Crippen molar-refractivity contribution in [2.24, 2.45) is 0 Å². The van der Waals surface area contributed by atoms with Crippen LogP contribution in [0.4, 0.5) is 0 Å². The molecule has 0 N–H and O–H groups in total. The quantitative estimate of drug-likeness (QED) is 0.156. The van der Waals surface area contributed by atoms with Crippen molar-refractivity contribution >= 4 is 59.9 Å². The topological polar surface area (TPSA) is 56.4 Å². The van der Waals surface area contributed by atoms with E-state index in [4.69, 9.17) is 0 Å². The summed E-state index contributed by atoms with van der Waals surface area (Å²) < 4.78 is 4.40. The van der Waals surface area contributed by atoms with Crippen LogP contribution in [-0.4, -0.2) is 14.0 Å². The largest absolute Gasteiger partial charge is 0.309 e. The second-order valence-electron chi connectivity index (χ2n) is 11.6. The monoisotopic (exact) mass is 567 g/mol. The molecule has 9 rings (SSSR count). The van der Waals surface area contributed by atoms with Crippen LogP contribution in [0.15, 0.2) is 125 Å². The van der Waals surface area contributed by atoms with Crippen LogP contribution in [0.2, 0.25) is 0 Å². The summed E-state index contributed by atoms with van der Waals surface area (Å²) in [5.74, 6) is 0. The number of pyridine rings is 3. The van der Waals surface area contributed by atoms with E-state index in [0.717, 1.165) is 38.9 Å². The van der Waals surface area contributed by atoms with Crippen molar-refractivity contribution in [3.8, 4) is 16.8 Å². The number of nitrogens with zero attached hydrogens (tertiary/aromatic N) is 3. The zero-order chi connectivity index (χ0) is 29.7. The molecule has 0 aliphatic heterocycles. The van der Waals surface area contributed by atoms with Gasteiger partial charge >= 0.3 is 0 Å². The Kier molecular flexibility index (Phi) is 4.98. The number of rotatable bonds is 2. The lowest BCUT2D eigenvalue weighted by Crippen LogP contribution is -2.14. The number of aromatic nitrogens is 3. The average Bonchev–Trinajstić information content (AvgIpc) is 3.41. The fourth-order valence-electron chi connectivity index (χ4n) is 7.20. The van der Waals surface area contributed by atoms with Crippen LogP contribution in [0, 0.1) is 13.8 Å². The highest BCUT2D eigenvalue weighted by molar-refractivity contribution is 6.12. The number of para-hydroxylation sites is 3. The van der Waals surface area contributed by atoms with Crippen LogP contribution >= 0.6 is 0 Å². The third kappa shape index (κ3) is 3.21. The fourth-order valence-corrected chi connectivity index (χ4v) is 7.20. The van der Waals surface area contributed by atoms with Gasteiger partial charge in [-0.1, -0.05) is 48.5 Å². The Labute approximate surface area is 251 Å². The SMILES string of the molecule is Cc1cccc2c3cccc(C)c3n(-c3ccc4c(c3)c(=O)c3cccc5c(=O)c6ccc(-c7ccncc7)cc6n4c35)c12. The number of aryl methyl sites for hydroxylation is 2. The molecule has 4 aromatic heterocycles. The molecule has 5 nitrogen and oxygen atoms in total. The van der Waals surface area contributed by atoms with Gasteiger partial charge in [-0.05, 0) is 90.7 Å². The summed E-state index contributed by atoms with van der Waals surface area (Å²) in [7, 11) is 0. The van der Waals surface area contributed by atoms with Crippen LogP contribution in [0.25, 0.3) is 76.7 Å². The molecule has 4 heterocycles. The van der Waals surface area contributed by atoms with Crippen molar-refractivity contribution in [3.63, 3.8) is 0 Å². The molecule has 0 saturated heterocycles. The molecule has 0 aliphatic rings. The molecule has 9 aromatic rings. The number of hydrogen-bond donors (Lipinski definition) is 0. The molecule has 0 bridgehead atoms. The van der Waals surface area contributed by atoms with Gasteiger partial charge in [-0.25, -0.2) is 0 Å². The van der Waals surface area contributed by atoms with Crippen molar-refractivity contribution < 1.29 is 0 Å². The van der Waals surface area contributed by atoms with E-state index in [2.05, 4.69) is 76.3 Å². The van der Waals surface area contributed by atoms with Crippen LogP contribution in [0.1, 0.15) is 11.1 Å². The second kappa shape index (κ2) is 8.85. The highest BCUT2D eigenvalue weighted by Gasteiger charge is 2.20. The van der Waals surface area contributed by atoms with E-state index in [1.807, 2.05) is 54.6 Å². The lowest BCUT2D eigenvalue weighted by molar-refractivity contribution is 1.16. The Morgan fingerprint density at radius 2 is 1.11 bits per heavy atom. The van der Waals surface area contributed by atoms with Crippen molar-refractivity contribution in [1.82, 2.24) is 14.0 Å². The van der Waals surface area contributed by atoms with Crippen molar-refractivity contribution in [1.29, 1.82) is 0 Å². The van der Waals surface area contributed by atoms with Crippen LogP contribution < -0.4 is 10.9 Å². The molecular formula is C39H25N3O2. The first-order valence-electron chi connectivity index (χ1n) is 14.7. The normalized spacial score (nSPS) is 12.0. The van der Waals surface area contributed by atoms with Gasteiger partial charge in [0.2, 0.25) is 0 Å². The summed E-state index contributed by atoms with van der Waals surface area (Å²) in [6.45, 7) is 4.27. The van der Waals surface area contributed by atoms with Gasteiger partial charge in [0, 0.05) is 50.4 Å². The molecule has 0 saturated carbocycles. The molecular weight excluding hydrogens is 542 g/mol. The van der Waals surface area contributed by atoms with E-state index in [1.165, 1.54) is 21.9 Å². The van der Waals surface area contributed by atoms with Crippen molar-refractivity contribution in [2.45, 2.75) is 13.8 Å². The van der Waals surface area contributed by atoms with Gasteiger partial charge in [0.15, 0.2) is 10.9 Å². The minimum absolute atomic E-state index is 0.0709. The first kappa shape index (κ1) is 24.8. The summed E-state index contributed by atoms with van der Waals surface area (Å²) in [5.41, 5.74) is 9.59. The first-order chi connectivity index (χ1) is 21.5. The molecule has 208 valence electrons. The smallest absolute Gasteiger partial charge is 0.197 e. The van der Waals surface area contributed by atoms with Crippen molar-refractivity contribution in [2.75, 3.05) is 0 Å². The van der Waals surface area contributed by atoms with Gasteiger partial charge in [-0.2, -0.15) is 0 Å². The van der Waals surface area contributed by atoms with Gasteiger partial charge < -0.3 is 8.97 Å². The van der Waals surface area contributed by atoms with Gasteiger partial charge in [0.25, 0.3) is 0 Å². The van der Waals surface area contributed by atoms with Crippen molar-refractivity contribution in [3.05, 3.63) is 147 Å². The summed E-state index contributed by atoms with van der Waals surface area (Å²) in [5, 5.41) is 4.69. The van der Waals surface area contributed by atoms with Gasteiger partial charge in [0.1, 0.15) is 0 Å². The second-order valence-corrected chi connectivity index (χ2v) is 11.6. The summed E-state index contributed by atoms with van der Waals surface area (Å²) in [6, 6.07) is 34.3. The minimum atomic E-state index is -0.0781. The molecule has 0 aliphatic carbocycles. The minimum Gasteiger partial charge on any atom is -0.309 e. The zero-order valence-electron chi connectivity index (χ0n) is 24.1. The van der Waals surface area contributed by atoms with E-state index in [1.54, 1.807) is 12.4 Å². The maximum absolute atomic E-state index is 14.3. The van der Waals surface area contributed by atoms with E-state index < -0.39 is 0 Å². The molecule has 0 amide bonds. The third-order valence-corrected chi connectivity index (χ3v) is 9.18. The Balaban J connectivity index is 1.46. The van der Waals surface area contributed by atoms with Gasteiger partial charge in [0.05, 0.1) is 27.6 Å². The van der Waals surface area contributed by atoms with E-state index in [-0.39, 0.29) is 10.9 Å².